The molecule has 1 unspecified atom stereocenters. The number of hydrogen-bond donors (Lipinski definition) is 1. The van der Waals surface area contributed by atoms with E-state index < -0.39 is 0 Å². The fraction of sp³-hybridized carbons (Fsp3) is 0.364. The van der Waals surface area contributed by atoms with Crippen LogP contribution in [-0.2, 0) is 5.54 Å². The quantitative estimate of drug-likeness (QED) is 0.803. The average molecular weight is 429 g/mol. The second kappa shape index (κ2) is 8.28. The first-order valence-electron chi connectivity index (χ1n) is 9.84. The van der Waals surface area contributed by atoms with Crippen LogP contribution >= 0.6 is 23.4 Å². The van der Waals surface area contributed by atoms with Gasteiger partial charge in [-0.1, -0.05) is 47.6 Å². The number of hydrogen-bond acceptors (Lipinski definition) is 5. The molecule has 29 heavy (non-hydrogen) atoms. The molecule has 0 aromatic heterocycles. The zero-order chi connectivity index (χ0) is 20.4. The van der Waals surface area contributed by atoms with Crippen LogP contribution in [0.4, 0.5) is 5.69 Å². The van der Waals surface area contributed by atoms with Crippen LogP contribution in [0.15, 0.2) is 53.5 Å². The summed E-state index contributed by atoms with van der Waals surface area (Å²) < 4.78 is 0. The number of rotatable bonds is 3. The van der Waals surface area contributed by atoms with Crippen molar-refractivity contribution >= 4 is 40.1 Å². The van der Waals surface area contributed by atoms with Gasteiger partial charge in [-0.15, -0.1) is 0 Å². The normalized spacial score (nSPS) is 22.3. The second-order valence-electron chi connectivity index (χ2n) is 7.63. The minimum atomic E-state index is -0.308. The molecule has 2 N–H and O–H groups in total. The maximum absolute atomic E-state index is 13.0. The number of carbonyl (C=O) groups excluding carboxylic acids is 1. The lowest BCUT2D eigenvalue weighted by Crippen LogP contribution is -2.48. The summed E-state index contributed by atoms with van der Waals surface area (Å²) in [7, 11) is 0. The molecule has 152 valence electrons. The number of amides is 1. The summed E-state index contributed by atoms with van der Waals surface area (Å²) in [5.41, 5.74) is 8.46. The third-order valence-electron chi connectivity index (χ3n) is 5.71. The van der Waals surface area contributed by atoms with E-state index in [0.717, 1.165) is 41.5 Å². The number of piperazine rings is 1. The Kier molecular flexibility index (Phi) is 5.74. The summed E-state index contributed by atoms with van der Waals surface area (Å²) in [5.74, 6) is 1.03. The van der Waals surface area contributed by atoms with Crippen molar-refractivity contribution in [2.24, 2.45) is 10.7 Å². The van der Waals surface area contributed by atoms with Crippen molar-refractivity contribution in [3.05, 3.63) is 64.7 Å². The number of thioether (sulfide) groups is 1. The van der Waals surface area contributed by atoms with Crippen LogP contribution in [0, 0.1) is 0 Å². The first kappa shape index (κ1) is 20.1. The smallest absolute Gasteiger partial charge is 0.253 e. The number of carbonyl (C=O) groups is 1. The van der Waals surface area contributed by atoms with Gasteiger partial charge in [0.05, 0.1) is 16.2 Å². The van der Waals surface area contributed by atoms with Crippen molar-refractivity contribution < 1.29 is 4.79 Å². The molecule has 0 bridgehead atoms. The lowest BCUT2D eigenvalue weighted by atomic mass is 9.89. The van der Waals surface area contributed by atoms with Gasteiger partial charge in [-0.3, -0.25) is 9.79 Å². The van der Waals surface area contributed by atoms with Crippen LogP contribution in [-0.4, -0.2) is 47.9 Å². The van der Waals surface area contributed by atoms with E-state index in [1.54, 1.807) is 11.8 Å². The molecule has 2 aliphatic rings. The van der Waals surface area contributed by atoms with Crippen LogP contribution in [0.2, 0.25) is 5.02 Å². The molecule has 2 aromatic rings. The molecule has 1 saturated heterocycles. The van der Waals surface area contributed by atoms with Gasteiger partial charge in [-0.05, 0) is 43.2 Å². The molecular formula is C22H25ClN4OS. The molecule has 1 amide bonds. The van der Waals surface area contributed by atoms with Gasteiger partial charge < -0.3 is 15.5 Å². The Balaban J connectivity index is 1.42. The SMILES string of the molecule is CC1(c2ccc(C(=O)N3CCN(c4ccccc4Cl)CC3)cc2)CCSC(N)=N1. The third kappa shape index (κ3) is 4.23. The number of nitrogens with two attached hydrogens (primary N) is 1. The van der Waals surface area contributed by atoms with Crippen molar-refractivity contribution in [3.8, 4) is 0 Å². The summed E-state index contributed by atoms with van der Waals surface area (Å²) >= 11 is 7.91. The first-order chi connectivity index (χ1) is 14.0. The summed E-state index contributed by atoms with van der Waals surface area (Å²) in [6.45, 7) is 5.02. The van der Waals surface area contributed by atoms with Gasteiger partial charge >= 0.3 is 0 Å². The molecule has 0 spiro atoms. The fourth-order valence-corrected chi connectivity index (χ4v) is 5.14. The highest BCUT2D eigenvalue weighted by atomic mass is 35.5. The highest BCUT2D eigenvalue weighted by molar-refractivity contribution is 8.13. The number of aliphatic imine (C=N–C) groups is 1. The monoisotopic (exact) mass is 428 g/mol. The molecule has 2 aliphatic heterocycles. The summed E-state index contributed by atoms with van der Waals surface area (Å²) in [6, 6.07) is 15.7. The molecule has 0 radical (unpaired) electrons. The lowest BCUT2D eigenvalue weighted by molar-refractivity contribution is 0.0746. The van der Waals surface area contributed by atoms with E-state index >= 15 is 0 Å². The zero-order valence-electron chi connectivity index (χ0n) is 16.5. The van der Waals surface area contributed by atoms with Crippen LogP contribution in [0.25, 0.3) is 0 Å². The van der Waals surface area contributed by atoms with E-state index in [0.29, 0.717) is 23.8 Å². The van der Waals surface area contributed by atoms with Crippen molar-refractivity contribution in [1.82, 2.24) is 4.90 Å². The van der Waals surface area contributed by atoms with E-state index in [1.807, 2.05) is 53.4 Å². The van der Waals surface area contributed by atoms with Crippen molar-refractivity contribution in [2.75, 3.05) is 36.8 Å². The number of benzene rings is 2. The van der Waals surface area contributed by atoms with Crippen LogP contribution in [0.5, 0.6) is 0 Å². The van der Waals surface area contributed by atoms with Gasteiger partial charge in [-0.2, -0.15) is 0 Å². The predicted octanol–water partition coefficient (Wildman–Crippen LogP) is 3.97. The highest BCUT2D eigenvalue weighted by Gasteiger charge is 2.30. The minimum Gasteiger partial charge on any atom is -0.379 e. The molecule has 5 nitrogen and oxygen atoms in total. The van der Waals surface area contributed by atoms with Crippen molar-refractivity contribution in [1.29, 1.82) is 0 Å². The Morgan fingerprint density at radius 3 is 2.45 bits per heavy atom. The fourth-order valence-electron chi connectivity index (χ4n) is 3.91. The van der Waals surface area contributed by atoms with E-state index in [9.17, 15) is 4.79 Å². The Morgan fingerprint density at radius 2 is 1.79 bits per heavy atom. The third-order valence-corrected chi connectivity index (χ3v) is 6.82. The number of amidine groups is 1. The molecule has 7 heteroatoms. The highest BCUT2D eigenvalue weighted by Crippen LogP contribution is 2.35. The summed E-state index contributed by atoms with van der Waals surface area (Å²) in [5, 5.41) is 1.39. The standard InChI is InChI=1S/C22H25ClN4OS/c1-22(10-15-29-21(24)25-22)17-8-6-16(7-9-17)20(28)27-13-11-26(12-14-27)19-5-3-2-4-18(19)23/h2-9H,10-15H2,1H3,(H2,24,25). The Labute approximate surface area is 180 Å². The maximum atomic E-state index is 13.0. The summed E-state index contributed by atoms with van der Waals surface area (Å²) in [6.07, 6.45) is 0.940. The van der Waals surface area contributed by atoms with E-state index in [4.69, 9.17) is 17.3 Å². The second-order valence-corrected chi connectivity index (χ2v) is 9.15. The van der Waals surface area contributed by atoms with Gasteiger partial charge in [0.25, 0.3) is 5.91 Å². The van der Waals surface area contributed by atoms with Gasteiger partial charge in [0.15, 0.2) is 5.17 Å². The van der Waals surface area contributed by atoms with Crippen LogP contribution in [0.1, 0.15) is 29.3 Å². The molecule has 1 atom stereocenters. The van der Waals surface area contributed by atoms with Crippen LogP contribution < -0.4 is 10.6 Å². The van der Waals surface area contributed by atoms with E-state index in [1.165, 1.54) is 0 Å². The minimum absolute atomic E-state index is 0.0720. The molecule has 0 saturated carbocycles. The van der Waals surface area contributed by atoms with Crippen LogP contribution in [0.3, 0.4) is 0 Å². The summed E-state index contributed by atoms with van der Waals surface area (Å²) in [4.78, 5) is 21.7. The Hall–Kier alpha value is -2.18. The van der Waals surface area contributed by atoms with Gasteiger partial charge in [-0.25, -0.2) is 0 Å². The number of anilines is 1. The number of halogens is 1. The number of nitrogens with zero attached hydrogens (tertiary/aromatic N) is 3. The Morgan fingerprint density at radius 1 is 1.10 bits per heavy atom. The molecule has 1 fully saturated rings. The largest absolute Gasteiger partial charge is 0.379 e. The average Bonchev–Trinajstić information content (AvgIpc) is 2.74. The zero-order valence-corrected chi connectivity index (χ0v) is 18.0. The molecule has 2 aromatic carbocycles. The molecule has 0 aliphatic carbocycles. The van der Waals surface area contributed by atoms with Gasteiger partial charge in [0.1, 0.15) is 0 Å². The molecule has 2 heterocycles. The lowest BCUT2D eigenvalue weighted by Gasteiger charge is -2.36. The topological polar surface area (TPSA) is 61.9 Å². The van der Waals surface area contributed by atoms with Gasteiger partial charge in [0.2, 0.25) is 0 Å². The number of para-hydroxylation sites is 1. The van der Waals surface area contributed by atoms with E-state index in [2.05, 4.69) is 16.8 Å². The predicted molar refractivity (Wildman–Crippen MR) is 122 cm³/mol. The first-order valence-corrected chi connectivity index (χ1v) is 11.2. The van der Waals surface area contributed by atoms with E-state index in [-0.39, 0.29) is 11.4 Å². The Bertz CT molecular complexity index is 925. The van der Waals surface area contributed by atoms with Gasteiger partial charge in [0, 0.05) is 37.5 Å². The molecular weight excluding hydrogens is 404 g/mol. The molecule has 4 rings (SSSR count). The van der Waals surface area contributed by atoms with Crippen molar-refractivity contribution in [3.63, 3.8) is 0 Å². The maximum Gasteiger partial charge on any atom is 0.253 e. The van der Waals surface area contributed by atoms with Crippen molar-refractivity contribution in [2.45, 2.75) is 18.9 Å².